The SMILES string of the molecule is CCC1=NOC(CNC(=O)c2cc(C)c3nc(N)sc3c2)C1. The molecule has 3 rings (SSSR count). The van der Waals surface area contributed by atoms with Crippen LogP contribution in [0.3, 0.4) is 0 Å². The molecule has 116 valence electrons. The summed E-state index contributed by atoms with van der Waals surface area (Å²) in [7, 11) is 0. The number of nitrogen functional groups attached to an aromatic ring is 1. The van der Waals surface area contributed by atoms with Gasteiger partial charge in [0.1, 0.15) is 6.10 Å². The topological polar surface area (TPSA) is 89.6 Å². The van der Waals surface area contributed by atoms with Gasteiger partial charge < -0.3 is 15.9 Å². The van der Waals surface area contributed by atoms with E-state index in [1.807, 2.05) is 26.0 Å². The maximum Gasteiger partial charge on any atom is 0.251 e. The number of nitrogens with two attached hydrogens (primary N) is 1. The van der Waals surface area contributed by atoms with E-state index >= 15 is 0 Å². The number of benzene rings is 1. The molecule has 6 nitrogen and oxygen atoms in total. The highest BCUT2D eigenvalue weighted by Crippen LogP contribution is 2.27. The smallest absolute Gasteiger partial charge is 0.251 e. The summed E-state index contributed by atoms with van der Waals surface area (Å²) in [6.45, 7) is 4.43. The van der Waals surface area contributed by atoms with Crippen LogP contribution in [0.25, 0.3) is 10.2 Å². The van der Waals surface area contributed by atoms with Crippen molar-refractivity contribution in [3.8, 4) is 0 Å². The maximum atomic E-state index is 12.3. The van der Waals surface area contributed by atoms with Gasteiger partial charge in [-0.05, 0) is 31.0 Å². The lowest BCUT2D eigenvalue weighted by Crippen LogP contribution is -2.32. The Labute approximate surface area is 132 Å². The maximum absolute atomic E-state index is 12.3. The largest absolute Gasteiger partial charge is 0.390 e. The number of nitrogens with one attached hydrogen (secondary N) is 1. The third-order valence-corrected chi connectivity index (χ3v) is 4.49. The predicted octanol–water partition coefficient (Wildman–Crippen LogP) is 2.47. The Balaban J connectivity index is 1.67. The number of rotatable bonds is 4. The molecular weight excluding hydrogens is 300 g/mol. The minimum atomic E-state index is -0.120. The van der Waals surface area contributed by atoms with E-state index in [1.165, 1.54) is 11.3 Å². The zero-order valence-electron chi connectivity index (χ0n) is 12.5. The van der Waals surface area contributed by atoms with Crippen LogP contribution in [0, 0.1) is 6.92 Å². The predicted molar refractivity (Wildman–Crippen MR) is 88.3 cm³/mol. The second kappa shape index (κ2) is 5.92. The molecule has 7 heteroatoms. The Morgan fingerprint density at radius 1 is 1.55 bits per heavy atom. The van der Waals surface area contributed by atoms with Crippen LogP contribution in [-0.2, 0) is 4.84 Å². The van der Waals surface area contributed by atoms with Crippen molar-refractivity contribution in [1.82, 2.24) is 10.3 Å². The molecule has 1 amide bonds. The number of amides is 1. The molecule has 1 unspecified atom stereocenters. The van der Waals surface area contributed by atoms with Crippen LogP contribution in [0.15, 0.2) is 17.3 Å². The fourth-order valence-electron chi connectivity index (χ4n) is 2.46. The van der Waals surface area contributed by atoms with Gasteiger partial charge >= 0.3 is 0 Å². The number of aryl methyl sites for hydroxylation is 1. The van der Waals surface area contributed by atoms with Crippen molar-refractivity contribution in [1.29, 1.82) is 0 Å². The van der Waals surface area contributed by atoms with E-state index in [0.29, 0.717) is 17.2 Å². The highest BCUT2D eigenvalue weighted by atomic mass is 32.1. The average Bonchev–Trinajstić information content (AvgIpc) is 3.10. The van der Waals surface area contributed by atoms with Crippen molar-refractivity contribution in [3.05, 3.63) is 23.3 Å². The summed E-state index contributed by atoms with van der Waals surface area (Å²) in [5.41, 5.74) is 9.19. The number of nitrogens with zero attached hydrogens (tertiary/aromatic N) is 2. The van der Waals surface area contributed by atoms with Gasteiger partial charge in [-0.3, -0.25) is 4.79 Å². The molecule has 0 saturated heterocycles. The van der Waals surface area contributed by atoms with Gasteiger partial charge in [0.15, 0.2) is 5.13 Å². The molecule has 1 aromatic carbocycles. The number of hydrogen-bond donors (Lipinski definition) is 2. The molecule has 0 aliphatic carbocycles. The van der Waals surface area contributed by atoms with Crippen molar-refractivity contribution in [2.75, 3.05) is 12.3 Å². The van der Waals surface area contributed by atoms with Gasteiger partial charge in [-0.25, -0.2) is 4.98 Å². The monoisotopic (exact) mass is 318 g/mol. The molecule has 2 heterocycles. The molecule has 0 bridgehead atoms. The number of oxime groups is 1. The molecular formula is C15H18N4O2S. The van der Waals surface area contributed by atoms with Crippen LogP contribution in [0.2, 0.25) is 0 Å². The summed E-state index contributed by atoms with van der Waals surface area (Å²) >= 11 is 1.39. The summed E-state index contributed by atoms with van der Waals surface area (Å²) in [5, 5.41) is 7.40. The first-order chi connectivity index (χ1) is 10.6. The Morgan fingerprint density at radius 3 is 3.09 bits per heavy atom. The first-order valence-electron chi connectivity index (χ1n) is 7.23. The van der Waals surface area contributed by atoms with Crippen LogP contribution in [0.4, 0.5) is 5.13 Å². The van der Waals surface area contributed by atoms with Gasteiger partial charge in [-0.15, -0.1) is 0 Å². The molecule has 1 aliphatic rings. The zero-order valence-corrected chi connectivity index (χ0v) is 13.4. The fraction of sp³-hybridized carbons (Fsp3) is 0.400. The first kappa shape index (κ1) is 14.8. The van der Waals surface area contributed by atoms with Gasteiger partial charge in [-0.2, -0.15) is 0 Å². The van der Waals surface area contributed by atoms with Crippen molar-refractivity contribution in [3.63, 3.8) is 0 Å². The van der Waals surface area contributed by atoms with E-state index in [1.54, 1.807) is 0 Å². The van der Waals surface area contributed by atoms with E-state index in [0.717, 1.165) is 34.3 Å². The van der Waals surface area contributed by atoms with Gasteiger partial charge in [0.2, 0.25) is 0 Å². The Morgan fingerprint density at radius 2 is 2.36 bits per heavy atom. The van der Waals surface area contributed by atoms with Crippen LogP contribution >= 0.6 is 11.3 Å². The zero-order chi connectivity index (χ0) is 15.7. The van der Waals surface area contributed by atoms with Gasteiger partial charge in [0, 0.05) is 12.0 Å². The second-order valence-electron chi connectivity index (χ2n) is 5.34. The number of carbonyl (C=O) groups excluding carboxylic acids is 1. The van der Waals surface area contributed by atoms with E-state index in [4.69, 9.17) is 10.6 Å². The van der Waals surface area contributed by atoms with E-state index < -0.39 is 0 Å². The van der Waals surface area contributed by atoms with Crippen molar-refractivity contribution in [2.45, 2.75) is 32.8 Å². The Bertz CT molecular complexity index is 753. The number of hydrogen-bond acceptors (Lipinski definition) is 6. The lowest BCUT2D eigenvalue weighted by molar-refractivity contribution is 0.0753. The summed E-state index contributed by atoms with van der Waals surface area (Å²) in [6.07, 6.45) is 1.59. The molecule has 22 heavy (non-hydrogen) atoms. The molecule has 1 atom stereocenters. The lowest BCUT2D eigenvalue weighted by Gasteiger charge is -2.10. The van der Waals surface area contributed by atoms with Gasteiger partial charge in [0.25, 0.3) is 5.91 Å². The Hall–Kier alpha value is -2.15. The average molecular weight is 318 g/mol. The van der Waals surface area contributed by atoms with E-state index in [2.05, 4.69) is 15.5 Å². The lowest BCUT2D eigenvalue weighted by atomic mass is 10.1. The number of thiazole rings is 1. The third-order valence-electron chi connectivity index (χ3n) is 3.66. The summed E-state index contributed by atoms with van der Waals surface area (Å²) in [4.78, 5) is 21.9. The van der Waals surface area contributed by atoms with Gasteiger partial charge in [0.05, 0.1) is 22.5 Å². The molecule has 1 aromatic heterocycles. The van der Waals surface area contributed by atoms with Crippen LogP contribution in [-0.4, -0.2) is 29.3 Å². The van der Waals surface area contributed by atoms with Crippen molar-refractivity contribution < 1.29 is 9.63 Å². The third kappa shape index (κ3) is 2.89. The molecule has 0 saturated carbocycles. The minimum absolute atomic E-state index is 0.0669. The van der Waals surface area contributed by atoms with E-state index in [9.17, 15) is 4.79 Å². The highest BCUT2D eigenvalue weighted by Gasteiger charge is 2.21. The molecule has 1 aliphatic heterocycles. The molecule has 0 spiro atoms. The second-order valence-corrected chi connectivity index (χ2v) is 6.41. The molecule has 2 aromatic rings. The van der Waals surface area contributed by atoms with Crippen LogP contribution < -0.4 is 11.1 Å². The Kier molecular flexibility index (Phi) is 3.98. The van der Waals surface area contributed by atoms with Gasteiger partial charge in [-0.1, -0.05) is 23.4 Å². The van der Waals surface area contributed by atoms with Crippen LogP contribution in [0.1, 0.15) is 35.7 Å². The fourth-order valence-corrected chi connectivity index (χ4v) is 3.31. The van der Waals surface area contributed by atoms with Crippen molar-refractivity contribution >= 4 is 38.3 Å². The molecule has 0 radical (unpaired) electrons. The highest BCUT2D eigenvalue weighted by molar-refractivity contribution is 7.22. The number of anilines is 1. The van der Waals surface area contributed by atoms with E-state index in [-0.39, 0.29) is 12.0 Å². The summed E-state index contributed by atoms with van der Waals surface area (Å²) in [5.74, 6) is -0.120. The molecule has 3 N–H and O–H groups in total. The minimum Gasteiger partial charge on any atom is -0.390 e. The number of aromatic nitrogens is 1. The van der Waals surface area contributed by atoms with Crippen molar-refractivity contribution in [2.24, 2.45) is 5.16 Å². The summed E-state index contributed by atoms with van der Waals surface area (Å²) < 4.78 is 0.927. The standard InChI is InChI=1S/C15H18N4O2S/c1-3-10-6-11(21-19-10)7-17-14(20)9-4-8(2)13-12(5-9)22-15(16)18-13/h4-5,11H,3,6-7H2,1-2H3,(H2,16,18)(H,17,20). The van der Waals surface area contributed by atoms with Crippen LogP contribution in [0.5, 0.6) is 0 Å². The quantitative estimate of drug-likeness (QED) is 0.906. The molecule has 0 fully saturated rings. The normalized spacial score (nSPS) is 17.4. The number of fused-ring (bicyclic) bond motifs is 1. The summed E-state index contributed by atoms with van der Waals surface area (Å²) in [6, 6.07) is 3.66. The number of carbonyl (C=O) groups is 1. The first-order valence-corrected chi connectivity index (χ1v) is 8.05.